The Kier molecular flexibility index (Phi) is 4.70. The number of hydrogen-bond acceptors (Lipinski definition) is 2. The molecule has 1 aliphatic heterocycles. The lowest BCUT2D eigenvalue weighted by atomic mass is 9.74. The van der Waals surface area contributed by atoms with Crippen molar-refractivity contribution in [2.75, 3.05) is 32.3 Å². The fourth-order valence-electron chi connectivity index (χ4n) is 1.93. The quantitative estimate of drug-likeness (QED) is 0.714. The van der Waals surface area contributed by atoms with E-state index in [0.29, 0.717) is 11.3 Å². The van der Waals surface area contributed by atoms with Crippen molar-refractivity contribution >= 4 is 15.9 Å². The van der Waals surface area contributed by atoms with Gasteiger partial charge in [-0.1, -0.05) is 22.9 Å². The van der Waals surface area contributed by atoms with Gasteiger partial charge in [0.05, 0.1) is 6.61 Å². The van der Waals surface area contributed by atoms with Gasteiger partial charge < -0.3 is 9.47 Å². The molecule has 0 saturated carbocycles. The van der Waals surface area contributed by atoms with Crippen molar-refractivity contribution in [3.8, 4) is 0 Å². The first kappa shape index (κ1) is 11.5. The van der Waals surface area contributed by atoms with Gasteiger partial charge in [-0.3, -0.25) is 0 Å². The Balaban J connectivity index is 2.55. The van der Waals surface area contributed by atoms with Gasteiger partial charge in [-0.2, -0.15) is 0 Å². The molecular formula is C10H19BrO2. The van der Waals surface area contributed by atoms with Crippen molar-refractivity contribution in [1.29, 1.82) is 0 Å². The maximum atomic E-state index is 5.56. The van der Waals surface area contributed by atoms with Crippen molar-refractivity contribution < 1.29 is 9.47 Å². The minimum absolute atomic E-state index is 0.300. The zero-order chi connectivity index (χ0) is 9.73. The van der Waals surface area contributed by atoms with E-state index in [1.54, 1.807) is 7.11 Å². The largest absolute Gasteiger partial charge is 0.384 e. The van der Waals surface area contributed by atoms with E-state index in [1.807, 2.05) is 0 Å². The molecule has 0 spiro atoms. The highest BCUT2D eigenvalue weighted by molar-refractivity contribution is 9.09. The summed E-state index contributed by atoms with van der Waals surface area (Å²) in [6.45, 7) is 4.88. The molecule has 0 aromatic heterocycles. The van der Waals surface area contributed by atoms with Gasteiger partial charge in [-0.25, -0.2) is 0 Å². The minimum atomic E-state index is 0.300. The summed E-state index contributed by atoms with van der Waals surface area (Å²) in [5, 5.41) is 1.02. The summed E-state index contributed by atoms with van der Waals surface area (Å²) >= 11 is 3.60. The number of methoxy groups -OCH3 is 1. The molecule has 0 radical (unpaired) electrons. The van der Waals surface area contributed by atoms with Crippen LogP contribution in [0.25, 0.3) is 0 Å². The summed E-state index contributed by atoms with van der Waals surface area (Å²) in [6, 6.07) is 0. The molecule has 78 valence electrons. The van der Waals surface area contributed by atoms with Crippen LogP contribution in [0.15, 0.2) is 0 Å². The lowest BCUT2D eigenvalue weighted by Crippen LogP contribution is -2.41. The maximum absolute atomic E-state index is 5.56. The minimum Gasteiger partial charge on any atom is -0.384 e. The standard InChI is InChI=1S/C10H19BrO2/c1-9(6-12-2)10(7-11)4-3-5-13-8-10/h9H,3-8H2,1-2H3. The van der Waals surface area contributed by atoms with Crippen molar-refractivity contribution in [3.63, 3.8) is 0 Å². The van der Waals surface area contributed by atoms with E-state index in [-0.39, 0.29) is 0 Å². The first-order valence-electron chi connectivity index (χ1n) is 4.88. The topological polar surface area (TPSA) is 18.5 Å². The zero-order valence-corrected chi connectivity index (χ0v) is 10.1. The van der Waals surface area contributed by atoms with E-state index in [9.17, 15) is 0 Å². The first-order valence-corrected chi connectivity index (χ1v) is 6.00. The SMILES string of the molecule is COCC(C)C1(CBr)CCCOC1. The van der Waals surface area contributed by atoms with Gasteiger partial charge in [-0.05, 0) is 18.8 Å². The number of alkyl halides is 1. The molecule has 2 nitrogen and oxygen atoms in total. The Morgan fingerprint density at radius 3 is 2.85 bits per heavy atom. The Labute approximate surface area is 89.1 Å². The van der Waals surface area contributed by atoms with Crippen molar-refractivity contribution in [2.24, 2.45) is 11.3 Å². The molecule has 3 heteroatoms. The lowest BCUT2D eigenvalue weighted by molar-refractivity contribution is -0.0411. The molecule has 1 heterocycles. The van der Waals surface area contributed by atoms with Crippen molar-refractivity contribution in [1.82, 2.24) is 0 Å². The Bertz CT molecular complexity index is 144. The summed E-state index contributed by atoms with van der Waals surface area (Å²) in [6.07, 6.45) is 2.43. The van der Waals surface area contributed by atoms with Crippen LogP contribution in [0.2, 0.25) is 0 Å². The molecule has 0 aromatic rings. The number of rotatable bonds is 4. The Hall–Kier alpha value is 0.400. The predicted octanol–water partition coefficient (Wildman–Crippen LogP) is 2.46. The molecule has 13 heavy (non-hydrogen) atoms. The van der Waals surface area contributed by atoms with Crippen LogP contribution < -0.4 is 0 Å². The van der Waals surface area contributed by atoms with Gasteiger partial charge in [0.2, 0.25) is 0 Å². The van der Waals surface area contributed by atoms with Crippen LogP contribution in [0.5, 0.6) is 0 Å². The molecule has 0 aliphatic carbocycles. The van der Waals surface area contributed by atoms with Crippen LogP contribution in [0.1, 0.15) is 19.8 Å². The third-order valence-corrected chi connectivity index (χ3v) is 4.20. The molecule has 1 fully saturated rings. The Morgan fingerprint density at radius 2 is 2.38 bits per heavy atom. The average molecular weight is 251 g/mol. The van der Waals surface area contributed by atoms with Crippen LogP contribution in [0.3, 0.4) is 0 Å². The van der Waals surface area contributed by atoms with Crippen LogP contribution >= 0.6 is 15.9 Å². The fraction of sp³-hybridized carbons (Fsp3) is 1.00. The van der Waals surface area contributed by atoms with Gasteiger partial charge in [0.25, 0.3) is 0 Å². The van der Waals surface area contributed by atoms with E-state index in [2.05, 4.69) is 22.9 Å². The predicted molar refractivity (Wildman–Crippen MR) is 57.3 cm³/mol. The first-order chi connectivity index (χ1) is 6.25. The Morgan fingerprint density at radius 1 is 1.62 bits per heavy atom. The fourth-order valence-corrected chi connectivity index (χ4v) is 2.92. The molecule has 2 atom stereocenters. The van der Waals surface area contributed by atoms with Gasteiger partial charge in [0.1, 0.15) is 0 Å². The summed E-state index contributed by atoms with van der Waals surface area (Å²) in [7, 11) is 1.77. The van der Waals surface area contributed by atoms with Gasteiger partial charge in [0, 0.05) is 31.1 Å². The second-order valence-electron chi connectivity index (χ2n) is 4.01. The van der Waals surface area contributed by atoms with E-state index >= 15 is 0 Å². The van der Waals surface area contributed by atoms with E-state index < -0.39 is 0 Å². The highest BCUT2D eigenvalue weighted by Gasteiger charge is 2.37. The highest BCUT2D eigenvalue weighted by atomic mass is 79.9. The van der Waals surface area contributed by atoms with E-state index in [0.717, 1.165) is 25.2 Å². The molecule has 0 amide bonds. The molecule has 0 bridgehead atoms. The zero-order valence-electron chi connectivity index (χ0n) is 8.51. The molecule has 2 unspecified atom stereocenters. The summed E-state index contributed by atoms with van der Waals surface area (Å²) in [5.74, 6) is 0.567. The van der Waals surface area contributed by atoms with Gasteiger partial charge in [-0.15, -0.1) is 0 Å². The molecule has 1 rings (SSSR count). The third-order valence-electron chi connectivity index (χ3n) is 3.08. The average Bonchev–Trinajstić information content (AvgIpc) is 2.19. The monoisotopic (exact) mass is 250 g/mol. The highest BCUT2D eigenvalue weighted by Crippen LogP contribution is 2.38. The molecule has 0 N–H and O–H groups in total. The van der Waals surface area contributed by atoms with E-state index in [1.165, 1.54) is 12.8 Å². The maximum Gasteiger partial charge on any atom is 0.0533 e. The normalized spacial score (nSPS) is 31.6. The van der Waals surface area contributed by atoms with Crippen LogP contribution in [0, 0.1) is 11.3 Å². The second kappa shape index (κ2) is 5.32. The van der Waals surface area contributed by atoms with Crippen LogP contribution in [-0.2, 0) is 9.47 Å². The van der Waals surface area contributed by atoms with Gasteiger partial charge >= 0.3 is 0 Å². The molecule has 1 saturated heterocycles. The second-order valence-corrected chi connectivity index (χ2v) is 4.57. The summed E-state index contributed by atoms with van der Waals surface area (Å²) in [5.41, 5.74) is 0.300. The van der Waals surface area contributed by atoms with Crippen molar-refractivity contribution in [2.45, 2.75) is 19.8 Å². The van der Waals surface area contributed by atoms with Gasteiger partial charge in [0.15, 0.2) is 0 Å². The molecular weight excluding hydrogens is 232 g/mol. The lowest BCUT2D eigenvalue weighted by Gasteiger charge is -2.40. The van der Waals surface area contributed by atoms with Crippen molar-refractivity contribution in [3.05, 3.63) is 0 Å². The number of halogens is 1. The van der Waals surface area contributed by atoms with Crippen LogP contribution in [-0.4, -0.2) is 32.3 Å². The van der Waals surface area contributed by atoms with Crippen LogP contribution in [0.4, 0.5) is 0 Å². The van der Waals surface area contributed by atoms with E-state index in [4.69, 9.17) is 9.47 Å². The number of ether oxygens (including phenoxy) is 2. The summed E-state index contributed by atoms with van der Waals surface area (Å²) in [4.78, 5) is 0. The third kappa shape index (κ3) is 2.67. The smallest absolute Gasteiger partial charge is 0.0533 e. The summed E-state index contributed by atoms with van der Waals surface area (Å²) < 4.78 is 10.8. The molecule has 1 aliphatic rings. The number of hydrogen-bond donors (Lipinski definition) is 0. The molecule has 0 aromatic carbocycles.